The van der Waals surface area contributed by atoms with E-state index in [0.29, 0.717) is 25.5 Å². The first-order chi connectivity index (χ1) is 19.3. The van der Waals surface area contributed by atoms with Crippen LogP contribution in [0.25, 0.3) is 16.9 Å². The number of fused-ring (bicyclic) bond motifs is 1. The molecule has 40 heavy (non-hydrogen) atoms. The van der Waals surface area contributed by atoms with Gasteiger partial charge in [0, 0.05) is 30.7 Å². The van der Waals surface area contributed by atoms with Crippen LogP contribution in [0.15, 0.2) is 58.4 Å². The lowest BCUT2D eigenvalue weighted by molar-refractivity contribution is 0.0974. The molecule has 3 aromatic heterocycles. The third-order valence-electron chi connectivity index (χ3n) is 7.89. The van der Waals surface area contributed by atoms with Gasteiger partial charge in [0.2, 0.25) is 0 Å². The molecule has 0 saturated carbocycles. The number of hydrogen-bond acceptors (Lipinski definition) is 9. The van der Waals surface area contributed by atoms with Crippen molar-refractivity contribution in [3.63, 3.8) is 0 Å². The second-order valence-electron chi connectivity index (χ2n) is 10.2. The minimum absolute atomic E-state index is 0.00831. The number of nitrogens with one attached hydrogen (secondary N) is 2. The number of benzene rings is 1. The van der Waals surface area contributed by atoms with E-state index in [4.69, 9.17) is 22.1 Å². The number of nitrogens with zero attached hydrogens (tertiary/aromatic N) is 5. The smallest absolute Gasteiger partial charge is 0.334 e. The average molecular weight is 563 g/mol. The monoisotopic (exact) mass is 562 g/mol. The van der Waals surface area contributed by atoms with Gasteiger partial charge < -0.3 is 20.7 Å². The minimum atomic E-state index is -0.736. The summed E-state index contributed by atoms with van der Waals surface area (Å²) in [5, 5.41) is 2.68. The molecule has 0 unspecified atom stereocenters. The van der Waals surface area contributed by atoms with Crippen molar-refractivity contribution < 1.29 is 9.53 Å². The number of rotatable bonds is 4. The van der Waals surface area contributed by atoms with Gasteiger partial charge in [-0.05, 0) is 44.0 Å². The van der Waals surface area contributed by atoms with Gasteiger partial charge in [0.05, 0.1) is 35.3 Å². The predicted molar refractivity (Wildman–Crippen MR) is 150 cm³/mol. The lowest BCUT2D eigenvalue weighted by Gasteiger charge is -2.41. The normalized spacial score (nSPS) is 20.2. The van der Waals surface area contributed by atoms with E-state index < -0.39 is 17.2 Å². The molecular weight excluding hydrogens is 536 g/mol. The Balaban J connectivity index is 1.29. The quantitative estimate of drug-likeness (QED) is 0.338. The van der Waals surface area contributed by atoms with Gasteiger partial charge in [0.1, 0.15) is 11.5 Å². The summed E-state index contributed by atoms with van der Waals surface area (Å²) in [5.41, 5.74) is 5.51. The van der Waals surface area contributed by atoms with E-state index in [1.54, 1.807) is 30.3 Å². The van der Waals surface area contributed by atoms with Gasteiger partial charge in [-0.3, -0.25) is 19.6 Å². The largest absolute Gasteiger partial charge is 0.376 e. The zero-order chi connectivity index (χ0) is 28.0. The molecule has 4 aromatic rings. The standard InChI is InChI=1S/C27H27ClN8O4/c1-15-22(29)27(14-40-15)8-11-35(12-9-27)19-13-31-21-23(33-19)34-26(39)36(25(21)38)18-7-4-6-16(20(18)28)32-24(37)17-5-2-3-10-30-17/h2-7,10,13,15,22H,8-9,11-12,14,29H2,1H3,(H,32,37)(H,33,34,39)/t15-,22+/m0/s1. The summed E-state index contributed by atoms with van der Waals surface area (Å²) >= 11 is 6.56. The van der Waals surface area contributed by atoms with Gasteiger partial charge in [-0.25, -0.2) is 19.3 Å². The molecule has 6 rings (SSSR count). The fourth-order valence-corrected chi connectivity index (χ4v) is 5.73. The van der Waals surface area contributed by atoms with E-state index in [-0.39, 0.29) is 50.8 Å². The Morgan fingerprint density at radius 3 is 2.67 bits per heavy atom. The van der Waals surface area contributed by atoms with Crippen molar-refractivity contribution in [1.82, 2.24) is 24.5 Å². The van der Waals surface area contributed by atoms with E-state index >= 15 is 0 Å². The molecule has 12 nitrogen and oxygen atoms in total. The number of H-pyrrole nitrogens is 1. The molecule has 0 bridgehead atoms. The Labute approximate surface area is 233 Å². The van der Waals surface area contributed by atoms with Crippen LogP contribution in [0.3, 0.4) is 0 Å². The van der Waals surface area contributed by atoms with Gasteiger partial charge in [-0.1, -0.05) is 23.7 Å². The molecule has 206 valence electrons. The highest BCUT2D eigenvalue weighted by atomic mass is 35.5. The second-order valence-corrected chi connectivity index (χ2v) is 10.6. The van der Waals surface area contributed by atoms with Crippen molar-refractivity contribution in [1.29, 1.82) is 0 Å². The van der Waals surface area contributed by atoms with Crippen LogP contribution < -0.4 is 27.2 Å². The van der Waals surface area contributed by atoms with Crippen LogP contribution in [0, 0.1) is 5.41 Å². The van der Waals surface area contributed by atoms with Gasteiger partial charge in [0.25, 0.3) is 11.5 Å². The molecule has 2 fully saturated rings. The van der Waals surface area contributed by atoms with E-state index in [1.165, 1.54) is 18.5 Å². The highest BCUT2D eigenvalue weighted by Crippen LogP contribution is 2.41. The maximum absolute atomic E-state index is 13.4. The molecule has 2 atom stereocenters. The molecule has 1 spiro atoms. The Morgan fingerprint density at radius 1 is 1.18 bits per heavy atom. The van der Waals surface area contributed by atoms with Crippen LogP contribution in [0.1, 0.15) is 30.3 Å². The molecule has 2 saturated heterocycles. The first-order valence-corrected chi connectivity index (χ1v) is 13.3. The topological polar surface area (TPSA) is 161 Å². The zero-order valence-electron chi connectivity index (χ0n) is 21.6. The van der Waals surface area contributed by atoms with Crippen LogP contribution in [0.5, 0.6) is 0 Å². The third-order valence-corrected chi connectivity index (χ3v) is 8.29. The molecule has 2 aliphatic rings. The Hall–Kier alpha value is -4.13. The lowest BCUT2D eigenvalue weighted by Crippen LogP contribution is -2.50. The summed E-state index contributed by atoms with van der Waals surface area (Å²) in [4.78, 5) is 56.8. The minimum Gasteiger partial charge on any atom is -0.376 e. The van der Waals surface area contributed by atoms with E-state index in [1.807, 2.05) is 6.92 Å². The molecule has 0 radical (unpaired) electrons. The molecule has 0 aliphatic carbocycles. The molecule has 2 aliphatic heterocycles. The highest BCUT2D eigenvalue weighted by molar-refractivity contribution is 6.35. The van der Waals surface area contributed by atoms with Gasteiger partial charge >= 0.3 is 5.69 Å². The van der Waals surface area contributed by atoms with E-state index in [2.05, 4.69) is 30.2 Å². The average Bonchev–Trinajstić information content (AvgIpc) is 3.23. The number of carbonyl (C=O) groups excluding carboxylic acids is 1. The van der Waals surface area contributed by atoms with Crippen LogP contribution in [-0.4, -0.2) is 62.3 Å². The Bertz CT molecular complexity index is 1720. The maximum Gasteiger partial charge on any atom is 0.334 e. The van der Waals surface area contributed by atoms with Crippen molar-refractivity contribution in [3.8, 4) is 5.69 Å². The molecular formula is C27H27ClN8O4. The Morgan fingerprint density at radius 2 is 1.98 bits per heavy atom. The SMILES string of the molecule is C[C@@H]1OCC2(CCN(c3cnc4c(=O)n(-c5cccc(NC(=O)c6ccccn6)c5Cl)c(=O)[nH]c4n3)CC2)[C@@H]1N. The number of aromatic nitrogens is 5. The van der Waals surface area contributed by atoms with E-state index in [0.717, 1.165) is 17.4 Å². The summed E-state index contributed by atoms with van der Waals surface area (Å²) in [6.45, 7) is 4.07. The molecule has 1 aromatic carbocycles. The molecule has 5 heterocycles. The number of hydrogen-bond donors (Lipinski definition) is 3. The Kier molecular flexibility index (Phi) is 6.61. The number of pyridine rings is 1. The number of amides is 1. The molecule has 1 amide bonds. The number of piperidine rings is 1. The van der Waals surface area contributed by atoms with Gasteiger partial charge in [-0.2, -0.15) is 0 Å². The number of ether oxygens (including phenoxy) is 1. The number of anilines is 2. The first kappa shape index (κ1) is 26.1. The summed E-state index contributed by atoms with van der Waals surface area (Å²) in [6.07, 6.45) is 4.76. The fourth-order valence-electron chi connectivity index (χ4n) is 5.48. The second kappa shape index (κ2) is 10.1. The summed E-state index contributed by atoms with van der Waals surface area (Å²) in [5.74, 6) is 0.0753. The summed E-state index contributed by atoms with van der Waals surface area (Å²) in [7, 11) is 0. The summed E-state index contributed by atoms with van der Waals surface area (Å²) in [6, 6.07) is 9.56. The third kappa shape index (κ3) is 4.43. The van der Waals surface area contributed by atoms with E-state index in [9.17, 15) is 14.4 Å². The number of aromatic amines is 1. The summed E-state index contributed by atoms with van der Waals surface area (Å²) < 4.78 is 6.68. The maximum atomic E-state index is 13.4. The fraction of sp³-hybridized carbons (Fsp3) is 0.333. The first-order valence-electron chi connectivity index (χ1n) is 12.9. The van der Waals surface area contributed by atoms with Crippen molar-refractivity contribution in [3.05, 3.63) is 80.3 Å². The van der Waals surface area contributed by atoms with Crippen molar-refractivity contribution >= 4 is 40.2 Å². The van der Waals surface area contributed by atoms with Crippen LogP contribution >= 0.6 is 11.6 Å². The number of halogens is 1. The highest BCUT2D eigenvalue weighted by Gasteiger charge is 2.47. The van der Waals surface area contributed by atoms with Crippen molar-refractivity contribution in [2.45, 2.75) is 31.9 Å². The van der Waals surface area contributed by atoms with Crippen LogP contribution in [0.2, 0.25) is 5.02 Å². The van der Waals surface area contributed by atoms with Crippen LogP contribution in [-0.2, 0) is 4.74 Å². The zero-order valence-corrected chi connectivity index (χ0v) is 22.4. The number of nitrogens with two attached hydrogens (primary N) is 1. The molecule has 4 N–H and O–H groups in total. The van der Waals surface area contributed by atoms with Gasteiger partial charge in [0.15, 0.2) is 11.2 Å². The predicted octanol–water partition coefficient (Wildman–Crippen LogP) is 2.10. The van der Waals surface area contributed by atoms with Gasteiger partial charge in [-0.15, -0.1) is 0 Å². The van der Waals surface area contributed by atoms with Crippen LogP contribution in [0.4, 0.5) is 11.5 Å². The molecule has 13 heteroatoms. The lowest BCUT2D eigenvalue weighted by atomic mass is 9.73. The van der Waals surface area contributed by atoms with Crippen molar-refractivity contribution in [2.24, 2.45) is 11.1 Å². The number of carbonyl (C=O) groups is 1. The van der Waals surface area contributed by atoms with Crippen molar-refractivity contribution in [2.75, 3.05) is 29.9 Å².